The van der Waals surface area contributed by atoms with E-state index in [-0.39, 0.29) is 0 Å². The zero-order valence-electron chi connectivity index (χ0n) is 13.8. The van der Waals surface area contributed by atoms with Gasteiger partial charge in [-0.05, 0) is 60.7 Å². The lowest BCUT2D eigenvalue weighted by Gasteiger charge is -2.21. The number of benzene rings is 2. The number of rotatable bonds is 4. The van der Waals surface area contributed by atoms with Crippen LogP contribution in [0.5, 0.6) is 17.2 Å². The maximum absolute atomic E-state index is 9.60. The Kier molecular flexibility index (Phi) is 4.30. The van der Waals surface area contributed by atoms with Crippen LogP contribution in [-0.2, 0) is 13.0 Å². The van der Waals surface area contributed by atoms with E-state index in [1.54, 1.807) is 6.07 Å². The molecule has 0 amide bonds. The van der Waals surface area contributed by atoms with E-state index in [9.17, 15) is 5.11 Å². The van der Waals surface area contributed by atoms with Gasteiger partial charge in [-0.2, -0.15) is 0 Å². The van der Waals surface area contributed by atoms with Crippen LogP contribution in [0.15, 0.2) is 42.5 Å². The predicted octanol–water partition coefficient (Wildman–Crippen LogP) is 3.23. The summed E-state index contributed by atoms with van der Waals surface area (Å²) in [7, 11) is 0. The van der Waals surface area contributed by atoms with Crippen LogP contribution < -0.4 is 9.47 Å². The fraction of sp³-hybridized carbons (Fsp3) is 0.400. The normalized spacial score (nSPS) is 20.2. The van der Waals surface area contributed by atoms with Gasteiger partial charge in [-0.15, -0.1) is 0 Å². The Morgan fingerprint density at radius 2 is 1.88 bits per heavy atom. The van der Waals surface area contributed by atoms with E-state index in [1.807, 2.05) is 18.2 Å². The summed E-state index contributed by atoms with van der Waals surface area (Å²) >= 11 is 0. The van der Waals surface area contributed by atoms with Gasteiger partial charge in [0.2, 0.25) is 0 Å². The number of phenolic OH excluding ortho intramolecular Hbond substituents is 1. The highest BCUT2D eigenvalue weighted by Crippen LogP contribution is 2.32. The number of hydrogen-bond donors (Lipinski definition) is 1. The molecule has 0 saturated carbocycles. The molecule has 1 N–H and O–H groups in total. The van der Waals surface area contributed by atoms with Gasteiger partial charge < -0.3 is 14.6 Å². The van der Waals surface area contributed by atoms with Crippen molar-refractivity contribution in [2.45, 2.75) is 19.4 Å². The molecule has 126 valence electrons. The topological polar surface area (TPSA) is 41.9 Å². The van der Waals surface area contributed by atoms with Gasteiger partial charge in [0.1, 0.15) is 19.0 Å². The largest absolute Gasteiger partial charge is 0.508 e. The maximum atomic E-state index is 9.60. The lowest BCUT2D eigenvalue weighted by molar-refractivity contribution is 0.171. The second-order valence-electron chi connectivity index (χ2n) is 6.74. The second-order valence-corrected chi connectivity index (χ2v) is 6.74. The average molecular weight is 325 g/mol. The van der Waals surface area contributed by atoms with Crippen molar-refractivity contribution in [1.29, 1.82) is 0 Å². The minimum absolute atomic E-state index is 0.360. The molecule has 2 aliphatic rings. The first-order valence-electron chi connectivity index (χ1n) is 8.65. The van der Waals surface area contributed by atoms with Gasteiger partial charge in [-0.25, -0.2) is 0 Å². The zero-order chi connectivity index (χ0) is 16.4. The first-order valence-corrected chi connectivity index (χ1v) is 8.65. The molecule has 0 bridgehead atoms. The Morgan fingerprint density at radius 1 is 1.00 bits per heavy atom. The summed E-state index contributed by atoms with van der Waals surface area (Å²) < 4.78 is 11.3. The Morgan fingerprint density at radius 3 is 2.75 bits per heavy atom. The monoisotopic (exact) mass is 325 g/mol. The van der Waals surface area contributed by atoms with Crippen molar-refractivity contribution >= 4 is 0 Å². The van der Waals surface area contributed by atoms with E-state index in [2.05, 4.69) is 23.1 Å². The van der Waals surface area contributed by atoms with Gasteiger partial charge in [0.25, 0.3) is 0 Å². The van der Waals surface area contributed by atoms with Crippen LogP contribution in [-0.4, -0.2) is 36.3 Å². The average Bonchev–Trinajstić information content (AvgIpc) is 3.02. The summed E-state index contributed by atoms with van der Waals surface area (Å²) in [4.78, 5) is 2.50. The van der Waals surface area contributed by atoms with E-state index < -0.39 is 0 Å². The zero-order valence-corrected chi connectivity index (χ0v) is 13.8. The van der Waals surface area contributed by atoms with Crippen LogP contribution in [0.2, 0.25) is 0 Å². The van der Waals surface area contributed by atoms with Crippen LogP contribution in [0.25, 0.3) is 0 Å². The Hall–Kier alpha value is -2.20. The minimum Gasteiger partial charge on any atom is -0.508 e. The van der Waals surface area contributed by atoms with Crippen molar-refractivity contribution in [3.63, 3.8) is 0 Å². The fourth-order valence-corrected chi connectivity index (χ4v) is 3.68. The standard InChI is InChI=1S/C20H23NO3/c22-18-3-1-2-15(11-18)10-17-6-7-21(14-17)13-16-4-5-19-20(12-16)24-9-8-23-19/h1-5,11-12,17,22H,6-10,13-14H2. The summed E-state index contributed by atoms with van der Waals surface area (Å²) in [6.07, 6.45) is 2.24. The van der Waals surface area contributed by atoms with E-state index in [4.69, 9.17) is 9.47 Å². The van der Waals surface area contributed by atoms with E-state index in [1.165, 1.54) is 17.5 Å². The van der Waals surface area contributed by atoms with Gasteiger partial charge in [0.15, 0.2) is 11.5 Å². The van der Waals surface area contributed by atoms with Crippen molar-refractivity contribution in [3.8, 4) is 17.2 Å². The molecule has 1 saturated heterocycles. The molecule has 24 heavy (non-hydrogen) atoms. The highest BCUT2D eigenvalue weighted by Gasteiger charge is 2.23. The molecule has 0 aliphatic carbocycles. The van der Waals surface area contributed by atoms with Gasteiger partial charge in [-0.3, -0.25) is 4.90 Å². The predicted molar refractivity (Wildman–Crippen MR) is 92.6 cm³/mol. The van der Waals surface area contributed by atoms with Gasteiger partial charge in [-0.1, -0.05) is 18.2 Å². The van der Waals surface area contributed by atoms with Crippen molar-refractivity contribution in [1.82, 2.24) is 4.90 Å². The molecule has 1 atom stereocenters. The smallest absolute Gasteiger partial charge is 0.161 e. The molecule has 2 aliphatic heterocycles. The molecule has 4 heteroatoms. The van der Waals surface area contributed by atoms with E-state index >= 15 is 0 Å². The van der Waals surface area contributed by atoms with Crippen LogP contribution in [0.4, 0.5) is 0 Å². The van der Waals surface area contributed by atoms with E-state index in [0.29, 0.717) is 24.9 Å². The molecule has 0 radical (unpaired) electrons. The maximum Gasteiger partial charge on any atom is 0.161 e. The second kappa shape index (κ2) is 6.73. The number of fused-ring (bicyclic) bond motifs is 1. The van der Waals surface area contributed by atoms with Crippen LogP contribution in [0, 0.1) is 5.92 Å². The number of nitrogens with zero attached hydrogens (tertiary/aromatic N) is 1. The molecule has 1 unspecified atom stereocenters. The number of hydrogen-bond acceptors (Lipinski definition) is 4. The third-order valence-corrected chi connectivity index (χ3v) is 4.82. The number of ether oxygens (including phenoxy) is 2. The third-order valence-electron chi connectivity index (χ3n) is 4.82. The lowest BCUT2D eigenvalue weighted by atomic mass is 9.98. The first-order chi connectivity index (χ1) is 11.8. The number of aromatic hydroxyl groups is 1. The van der Waals surface area contributed by atoms with Crippen LogP contribution >= 0.6 is 0 Å². The molecule has 4 rings (SSSR count). The third kappa shape index (κ3) is 3.49. The summed E-state index contributed by atoms with van der Waals surface area (Å²) in [5.41, 5.74) is 2.50. The SMILES string of the molecule is Oc1cccc(CC2CCN(Cc3ccc4c(c3)OCCO4)C2)c1. The lowest BCUT2D eigenvalue weighted by Crippen LogP contribution is -2.21. The van der Waals surface area contributed by atoms with E-state index in [0.717, 1.165) is 37.6 Å². The van der Waals surface area contributed by atoms with Crippen molar-refractivity contribution in [2.24, 2.45) is 5.92 Å². The molecule has 2 aromatic rings. The summed E-state index contributed by atoms with van der Waals surface area (Å²) in [5.74, 6) is 2.74. The summed E-state index contributed by atoms with van der Waals surface area (Å²) in [6.45, 7) is 4.44. The quantitative estimate of drug-likeness (QED) is 0.937. The highest BCUT2D eigenvalue weighted by atomic mass is 16.6. The van der Waals surface area contributed by atoms with Gasteiger partial charge in [0.05, 0.1) is 0 Å². The molecule has 0 spiro atoms. The van der Waals surface area contributed by atoms with Crippen molar-refractivity contribution < 1.29 is 14.6 Å². The van der Waals surface area contributed by atoms with Crippen molar-refractivity contribution in [3.05, 3.63) is 53.6 Å². The van der Waals surface area contributed by atoms with Gasteiger partial charge >= 0.3 is 0 Å². The summed E-state index contributed by atoms with van der Waals surface area (Å²) in [6, 6.07) is 13.9. The first kappa shape index (κ1) is 15.3. The fourth-order valence-electron chi connectivity index (χ4n) is 3.68. The van der Waals surface area contributed by atoms with Gasteiger partial charge in [0, 0.05) is 13.1 Å². The Labute approximate surface area is 142 Å². The number of phenols is 1. The van der Waals surface area contributed by atoms with Crippen LogP contribution in [0.1, 0.15) is 17.5 Å². The Bertz CT molecular complexity index is 716. The molecule has 2 aromatic carbocycles. The molecular weight excluding hydrogens is 302 g/mol. The van der Waals surface area contributed by atoms with Crippen molar-refractivity contribution in [2.75, 3.05) is 26.3 Å². The molecule has 4 nitrogen and oxygen atoms in total. The number of likely N-dealkylation sites (tertiary alicyclic amines) is 1. The summed E-state index contributed by atoms with van der Waals surface area (Å²) in [5, 5.41) is 9.60. The highest BCUT2D eigenvalue weighted by molar-refractivity contribution is 5.43. The molecule has 0 aromatic heterocycles. The molecule has 1 fully saturated rings. The Balaban J connectivity index is 1.35. The molecule has 2 heterocycles. The molecular formula is C20H23NO3. The minimum atomic E-state index is 0.360. The van der Waals surface area contributed by atoms with Crippen LogP contribution in [0.3, 0.4) is 0 Å².